The molecule has 0 aliphatic heterocycles. The first-order chi connectivity index (χ1) is 14.1. The fraction of sp³-hybridized carbons (Fsp3) is 0.250. The molecule has 1 amide bonds. The van der Waals surface area contributed by atoms with Crippen molar-refractivity contribution in [3.05, 3.63) is 69.6 Å². The first kappa shape index (κ1) is 18.5. The number of carbonyl (C=O) groups excluding carboxylic acids is 1. The molecule has 0 radical (unpaired) electrons. The molecule has 0 unspecified atom stereocenters. The Morgan fingerprint density at radius 2 is 1.76 bits per heavy atom. The molecule has 5 rings (SSSR count). The monoisotopic (exact) mass is 418 g/mol. The molecule has 0 fully saturated rings. The predicted octanol–water partition coefficient (Wildman–Crippen LogP) is 6.77. The number of fused-ring (bicyclic) bond motifs is 2. The Hall–Kier alpha value is -2.50. The minimum absolute atomic E-state index is 0.0437. The molecule has 0 bridgehead atoms. The summed E-state index contributed by atoms with van der Waals surface area (Å²) in [5, 5.41) is 5.19. The third kappa shape index (κ3) is 3.49. The Balaban J connectivity index is 1.59. The van der Waals surface area contributed by atoms with Crippen molar-refractivity contribution in [1.82, 2.24) is 4.98 Å². The van der Waals surface area contributed by atoms with E-state index in [1.165, 1.54) is 28.0 Å². The van der Waals surface area contributed by atoms with Crippen LogP contribution in [0.4, 0.5) is 5.00 Å². The average molecular weight is 419 g/mol. The molecule has 4 aromatic rings. The minimum Gasteiger partial charge on any atom is -0.313 e. The van der Waals surface area contributed by atoms with E-state index in [0.717, 1.165) is 45.1 Å². The molecule has 2 aromatic heterocycles. The van der Waals surface area contributed by atoms with Crippen LogP contribution in [0.25, 0.3) is 20.8 Å². The van der Waals surface area contributed by atoms with Crippen LogP contribution in [0.3, 0.4) is 0 Å². The summed E-state index contributed by atoms with van der Waals surface area (Å²) >= 11 is 3.45. The Morgan fingerprint density at radius 1 is 1.00 bits per heavy atom. The van der Waals surface area contributed by atoms with E-state index >= 15 is 0 Å². The molecule has 2 heterocycles. The fourth-order valence-electron chi connectivity index (χ4n) is 4.14. The van der Waals surface area contributed by atoms with Crippen LogP contribution in [0, 0.1) is 13.8 Å². The van der Waals surface area contributed by atoms with Gasteiger partial charge in [0.25, 0.3) is 5.91 Å². The first-order valence-corrected chi connectivity index (χ1v) is 11.6. The van der Waals surface area contributed by atoms with Crippen molar-refractivity contribution >= 4 is 43.8 Å². The smallest absolute Gasteiger partial charge is 0.256 e. The first-order valence-electron chi connectivity index (χ1n) is 9.98. The van der Waals surface area contributed by atoms with E-state index in [1.54, 1.807) is 22.7 Å². The van der Waals surface area contributed by atoms with Crippen molar-refractivity contribution in [2.24, 2.45) is 0 Å². The zero-order valence-electron chi connectivity index (χ0n) is 16.5. The Bertz CT molecular complexity index is 1180. The maximum atomic E-state index is 13.1. The highest BCUT2D eigenvalue weighted by Crippen LogP contribution is 2.46. The Morgan fingerprint density at radius 3 is 2.55 bits per heavy atom. The zero-order chi connectivity index (χ0) is 20.0. The summed E-state index contributed by atoms with van der Waals surface area (Å²) < 4.78 is 1.19. The van der Waals surface area contributed by atoms with E-state index in [4.69, 9.17) is 4.98 Å². The van der Waals surface area contributed by atoms with Crippen LogP contribution in [0.1, 0.15) is 44.8 Å². The molecular formula is C24H22N2OS2. The number of hydrogen-bond acceptors (Lipinski definition) is 4. The van der Waals surface area contributed by atoms with Crippen LogP contribution in [-0.4, -0.2) is 10.9 Å². The number of nitrogens with zero attached hydrogens (tertiary/aromatic N) is 1. The molecule has 29 heavy (non-hydrogen) atoms. The van der Waals surface area contributed by atoms with Gasteiger partial charge in [-0.05, 0) is 69.4 Å². The maximum Gasteiger partial charge on any atom is 0.256 e. The third-order valence-electron chi connectivity index (χ3n) is 5.39. The summed E-state index contributed by atoms with van der Waals surface area (Å²) in [7, 11) is 0. The van der Waals surface area contributed by atoms with Gasteiger partial charge in [-0.25, -0.2) is 4.98 Å². The number of nitrogens with one attached hydrogen (secondary N) is 1. The quantitative estimate of drug-likeness (QED) is 0.399. The lowest BCUT2D eigenvalue weighted by Crippen LogP contribution is -2.12. The van der Waals surface area contributed by atoms with E-state index in [2.05, 4.69) is 29.6 Å². The summed E-state index contributed by atoms with van der Waals surface area (Å²) in [5.41, 5.74) is 6.47. The molecule has 146 valence electrons. The van der Waals surface area contributed by atoms with Gasteiger partial charge in [-0.2, -0.15) is 0 Å². The van der Waals surface area contributed by atoms with Gasteiger partial charge in [0, 0.05) is 16.0 Å². The number of anilines is 1. The van der Waals surface area contributed by atoms with Gasteiger partial charge in [0.15, 0.2) is 0 Å². The number of hydrogen-bond donors (Lipinski definition) is 1. The highest BCUT2D eigenvalue weighted by Gasteiger charge is 2.25. The van der Waals surface area contributed by atoms with E-state index in [-0.39, 0.29) is 5.91 Å². The number of aromatic nitrogens is 1. The zero-order valence-corrected chi connectivity index (χ0v) is 18.2. The number of para-hydroxylation sites is 1. The van der Waals surface area contributed by atoms with Crippen molar-refractivity contribution in [1.29, 1.82) is 0 Å². The van der Waals surface area contributed by atoms with Crippen LogP contribution >= 0.6 is 22.7 Å². The highest BCUT2D eigenvalue weighted by atomic mass is 32.1. The van der Waals surface area contributed by atoms with Gasteiger partial charge in [-0.1, -0.05) is 29.3 Å². The van der Waals surface area contributed by atoms with Crippen molar-refractivity contribution in [3.63, 3.8) is 0 Å². The topological polar surface area (TPSA) is 42.0 Å². The molecule has 0 spiro atoms. The van der Waals surface area contributed by atoms with E-state index < -0.39 is 0 Å². The molecule has 1 aliphatic carbocycles. The van der Waals surface area contributed by atoms with Crippen LogP contribution in [0.5, 0.6) is 0 Å². The molecular weight excluding hydrogens is 396 g/mol. The average Bonchev–Trinajstić information content (AvgIpc) is 3.27. The largest absolute Gasteiger partial charge is 0.313 e. The van der Waals surface area contributed by atoms with Crippen LogP contribution < -0.4 is 5.32 Å². The molecule has 1 aliphatic rings. The normalized spacial score (nSPS) is 13.4. The maximum absolute atomic E-state index is 13.1. The van der Waals surface area contributed by atoms with Crippen LogP contribution in [-0.2, 0) is 12.8 Å². The van der Waals surface area contributed by atoms with Gasteiger partial charge in [-0.3, -0.25) is 4.79 Å². The lowest BCUT2D eigenvalue weighted by molar-refractivity contribution is 0.102. The highest BCUT2D eigenvalue weighted by molar-refractivity contribution is 7.23. The molecule has 0 saturated carbocycles. The summed E-state index contributed by atoms with van der Waals surface area (Å²) in [5.74, 6) is -0.0437. The second-order valence-electron chi connectivity index (χ2n) is 7.73. The SMILES string of the molecule is Cc1cc(C)cc(C(=O)Nc2sc3c(c2-c2nc4ccccc4s2)CCCC3)c1. The minimum atomic E-state index is -0.0437. The molecule has 5 heteroatoms. The summed E-state index contributed by atoms with van der Waals surface area (Å²) in [6.07, 6.45) is 4.58. The summed E-state index contributed by atoms with van der Waals surface area (Å²) in [6, 6.07) is 14.2. The Kier molecular flexibility index (Phi) is 4.72. The van der Waals surface area contributed by atoms with Gasteiger partial charge in [-0.15, -0.1) is 22.7 Å². The number of thiophene rings is 1. The number of amides is 1. The fourth-order valence-corrected chi connectivity index (χ4v) is 6.54. The number of thiazole rings is 1. The standard InChI is InChI=1S/C24H22N2OS2/c1-14-11-15(2)13-16(12-14)22(27)26-24-21(17-7-3-5-9-19(17)28-24)23-25-18-8-4-6-10-20(18)29-23/h4,6,8,10-13H,3,5,7,9H2,1-2H3,(H,26,27). The van der Waals surface area contributed by atoms with Gasteiger partial charge in [0.1, 0.15) is 10.0 Å². The number of benzene rings is 2. The van der Waals surface area contributed by atoms with Crippen LogP contribution in [0.2, 0.25) is 0 Å². The predicted molar refractivity (Wildman–Crippen MR) is 123 cm³/mol. The van der Waals surface area contributed by atoms with Crippen molar-refractivity contribution < 1.29 is 4.79 Å². The van der Waals surface area contributed by atoms with E-state index in [1.807, 2.05) is 32.0 Å². The second-order valence-corrected chi connectivity index (χ2v) is 9.87. The van der Waals surface area contributed by atoms with Crippen molar-refractivity contribution in [2.45, 2.75) is 39.5 Å². The van der Waals surface area contributed by atoms with Crippen molar-refractivity contribution in [2.75, 3.05) is 5.32 Å². The van der Waals surface area contributed by atoms with Crippen molar-refractivity contribution in [3.8, 4) is 10.6 Å². The van der Waals surface area contributed by atoms with Gasteiger partial charge in [0.2, 0.25) is 0 Å². The van der Waals surface area contributed by atoms with E-state index in [9.17, 15) is 4.79 Å². The summed E-state index contributed by atoms with van der Waals surface area (Å²) in [4.78, 5) is 19.4. The Labute approximate surface area is 178 Å². The third-order valence-corrected chi connectivity index (χ3v) is 7.65. The second kappa shape index (κ2) is 7.39. The van der Waals surface area contributed by atoms with Gasteiger partial charge in [0.05, 0.1) is 10.2 Å². The number of aryl methyl sites for hydroxylation is 3. The number of carbonyl (C=O) groups is 1. The lowest BCUT2D eigenvalue weighted by atomic mass is 9.95. The van der Waals surface area contributed by atoms with Gasteiger partial charge >= 0.3 is 0 Å². The molecule has 2 aromatic carbocycles. The lowest BCUT2D eigenvalue weighted by Gasteiger charge is -2.12. The summed E-state index contributed by atoms with van der Waals surface area (Å²) in [6.45, 7) is 4.06. The number of rotatable bonds is 3. The molecule has 0 saturated heterocycles. The molecule has 1 N–H and O–H groups in total. The van der Waals surface area contributed by atoms with E-state index in [0.29, 0.717) is 5.56 Å². The molecule has 3 nitrogen and oxygen atoms in total. The molecule has 0 atom stereocenters. The van der Waals surface area contributed by atoms with Crippen LogP contribution in [0.15, 0.2) is 42.5 Å². The van der Waals surface area contributed by atoms with Gasteiger partial charge < -0.3 is 5.32 Å².